The van der Waals surface area contributed by atoms with Gasteiger partial charge in [0, 0.05) is 13.2 Å². The minimum absolute atomic E-state index is 0.222. The molecule has 0 unspecified atom stereocenters. The average Bonchev–Trinajstić information content (AvgIpc) is 2.36. The summed E-state index contributed by atoms with van der Waals surface area (Å²) in [6.45, 7) is 6.43. The fourth-order valence-electron chi connectivity index (χ4n) is 4.02. The monoisotopic (exact) mass is 304 g/mol. The van der Waals surface area contributed by atoms with Gasteiger partial charge in [-0.25, -0.2) is 0 Å². The van der Waals surface area contributed by atoms with Gasteiger partial charge < -0.3 is 4.74 Å². The van der Waals surface area contributed by atoms with Crippen LogP contribution in [0.5, 0.6) is 0 Å². The third-order valence-corrected chi connectivity index (χ3v) is 5.96. The lowest BCUT2D eigenvalue weighted by molar-refractivity contribution is -0.111. The van der Waals surface area contributed by atoms with Crippen LogP contribution in [0, 0.1) is 23.2 Å². The predicted molar refractivity (Wildman–Crippen MR) is 79.0 cm³/mol. The van der Waals surface area contributed by atoms with Gasteiger partial charge in [0.05, 0.1) is 12.9 Å². The Morgan fingerprint density at radius 2 is 1.90 bits per heavy atom. The van der Waals surface area contributed by atoms with Gasteiger partial charge in [0.2, 0.25) is 0 Å². The minimum Gasteiger partial charge on any atom is -0.381 e. The Morgan fingerprint density at radius 3 is 2.50 bits per heavy atom. The highest BCUT2D eigenvalue weighted by Crippen LogP contribution is 2.61. The molecule has 5 heteroatoms. The maximum absolute atomic E-state index is 10.8. The van der Waals surface area contributed by atoms with Crippen LogP contribution < -0.4 is 0 Å². The van der Waals surface area contributed by atoms with Crippen molar-refractivity contribution in [2.24, 2.45) is 23.2 Å². The predicted octanol–water partition coefficient (Wildman–Crippen LogP) is 2.83. The molecule has 0 aromatic carbocycles. The highest BCUT2D eigenvalue weighted by atomic mass is 32.2. The van der Waals surface area contributed by atoms with E-state index in [1.54, 1.807) is 0 Å². The number of ether oxygens (including phenoxy) is 1. The van der Waals surface area contributed by atoms with Gasteiger partial charge in [-0.3, -0.25) is 4.18 Å². The second-order valence-corrected chi connectivity index (χ2v) is 8.62. The van der Waals surface area contributed by atoms with E-state index in [4.69, 9.17) is 4.74 Å². The van der Waals surface area contributed by atoms with Gasteiger partial charge in [0.25, 0.3) is 10.1 Å². The van der Waals surface area contributed by atoms with Crippen molar-refractivity contribution < 1.29 is 17.3 Å². The summed E-state index contributed by atoms with van der Waals surface area (Å²) >= 11 is 0. The molecule has 0 N–H and O–H groups in total. The Morgan fingerprint density at radius 1 is 1.15 bits per heavy atom. The molecule has 2 bridgehead atoms. The van der Waals surface area contributed by atoms with Gasteiger partial charge in [-0.05, 0) is 55.3 Å². The molecule has 0 aliphatic heterocycles. The average molecular weight is 304 g/mol. The highest BCUT2D eigenvalue weighted by Gasteiger charge is 2.53. The SMILES string of the molecule is CC1(C)[C@H]2CC[C@@H](CCOCCCOS(C)(=O)=O)[C@@H]1C2. The van der Waals surface area contributed by atoms with Gasteiger partial charge in [-0.2, -0.15) is 8.42 Å². The Kier molecular flexibility index (Phi) is 5.14. The molecular formula is C15H28O4S. The number of fused-ring (bicyclic) bond motifs is 2. The lowest BCUT2D eigenvalue weighted by Gasteiger charge is -2.60. The van der Waals surface area contributed by atoms with E-state index >= 15 is 0 Å². The van der Waals surface area contributed by atoms with Crippen molar-refractivity contribution in [3.8, 4) is 0 Å². The number of rotatable bonds is 8. The fraction of sp³-hybridized carbons (Fsp3) is 1.00. The third kappa shape index (κ3) is 3.95. The molecule has 3 rings (SSSR count). The van der Waals surface area contributed by atoms with E-state index < -0.39 is 10.1 Å². The molecule has 0 saturated heterocycles. The van der Waals surface area contributed by atoms with Crippen LogP contribution in [-0.2, 0) is 19.0 Å². The molecule has 0 aromatic heterocycles. The maximum Gasteiger partial charge on any atom is 0.264 e. The summed E-state index contributed by atoms with van der Waals surface area (Å²) in [5.41, 5.74) is 0.548. The van der Waals surface area contributed by atoms with Crippen molar-refractivity contribution in [2.75, 3.05) is 26.1 Å². The quantitative estimate of drug-likeness (QED) is 0.511. The summed E-state index contributed by atoms with van der Waals surface area (Å²) in [5, 5.41) is 0. The van der Waals surface area contributed by atoms with Gasteiger partial charge in [-0.1, -0.05) is 13.8 Å². The van der Waals surface area contributed by atoms with E-state index in [0.717, 1.165) is 37.0 Å². The molecule has 3 atom stereocenters. The van der Waals surface area contributed by atoms with Crippen molar-refractivity contribution in [2.45, 2.75) is 46.0 Å². The van der Waals surface area contributed by atoms with Crippen LogP contribution >= 0.6 is 0 Å². The van der Waals surface area contributed by atoms with Crippen molar-refractivity contribution in [1.29, 1.82) is 0 Å². The topological polar surface area (TPSA) is 52.6 Å². The van der Waals surface area contributed by atoms with Gasteiger partial charge >= 0.3 is 0 Å². The normalized spacial score (nSPS) is 31.9. The molecule has 118 valence electrons. The standard InChI is InChI=1S/C15H28O4S/c1-15(2)13-6-5-12(14(15)11-13)7-10-18-8-4-9-19-20(3,16)17/h12-14H,4-11H2,1-3H3/t12-,13-,14-/m0/s1. The van der Waals surface area contributed by atoms with Crippen molar-refractivity contribution in [3.63, 3.8) is 0 Å². The zero-order valence-electron chi connectivity index (χ0n) is 12.9. The summed E-state index contributed by atoms with van der Waals surface area (Å²) in [7, 11) is -3.30. The van der Waals surface area contributed by atoms with Crippen LogP contribution in [0.15, 0.2) is 0 Å². The van der Waals surface area contributed by atoms with Gasteiger partial charge in [0.1, 0.15) is 0 Å². The minimum atomic E-state index is -3.30. The molecule has 0 radical (unpaired) electrons. The molecule has 3 aliphatic carbocycles. The van der Waals surface area contributed by atoms with Crippen LogP contribution in [0.2, 0.25) is 0 Å². The highest BCUT2D eigenvalue weighted by molar-refractivity contribution is 7.85. The first-order chi connectivity index (χ1) is 9.31. The van der Waals surface area contributed by atoms with Crippen LogP contribution in [0.4, 0.5) is 0 Å². The zero-order chi connectivity index (χ0) is 14.8. The summed E-state index contributed by atoms with van der Waals surface area (Å²) in [6, 6.07) is 0. The second kappa shape index (κ2) is 6.32. The van der Waals surface area contributed by atoms with E-state index in [0.29, 0.717) is 18.4 Å². The summed E-state index contributed by atoms with van der Waals surface area (Å²) in [6.07, 6.45) is 7.02. The summed E-state index contributed by atoms with van der Waals surface area (Å²) in [4.78, 5) is 0. The first kappa shape index (κ1) is 16.2. The molecule has 0 heterocycles. The first-order valence-corrected chi connectivity index (χ1v) is 9.54. The maximum atomic E-state index is 10.8. The molecule has 3 aliphatic rings. The Balaban J connectivity index is 1.54. The van der Waals surface area contributed by atoms with E-state index in [2.05, 4.69) is 18.0 Å². The van der Waals surface area contributed by atoms with Crippen molar-refractivity contribution in [3.05, 3.63) is 0 Å². The van der Waals surface area contributed by atoms with Crippen molar-refractivity contribution >= 4 is 10.1 Å². The lowest BCUT2D eigenvalue weighted by Crippen LogP contribution is -2.52. The third-order valence-electron chi connectivity index (χ3n) is 5.36. The Hall–Kier alpha value is -0.130. The summed E-state index contributed by atoms with van der Waals surface area (Å²) in [5.74, 6) is 2.67. The molecular weight excluding hydrogens is 276 g/mol. The van der Waals surface area contributed by atoms with Crippen molar-refractivity contribution in [1.82, 2.24) is 0 Å². The largest absolute Gasteiger partial charge is 0.381 e. The van der Waals surface area contributed by atoms with E-state index in [1.807, 2.05) is 0 Å². The zero-order valence-corrected chi connectivity index (χ0v) is 13.7. The first-order valence-electron chi connectivity index (χ1n) is 7.73. The molecule has 0 spiro atoms. The smallest absolute Gasteiger partial charge is 0.264 e. The second-order valence-electron chi connectivity index (χ2n) is 6.98. The van der Waals surface area contributed by atoms with Gasteiger partial charge in [-0.15, -0.1) is 0 Å². The molecule has 3 fully saturated rings. The van der Waals surface area contributed by atoms with Crippen LogP contribution in [0.25, 0.3) is 0 Å². The lowest BCUT2D eigenvalue weighted by atomic mass is 9.45. The Bertz CT molecular complexity index is 414. The van der Waals surface area contributed by atoms with Crippen LogP contribution in [0.3, 0.4) is 0 Å². The number of hydrogen-bond acceptors (Lipinski definition) is 4. The molecule has 0 amide bonds. The summed E-state index contributed by atoms with van der Waals surface area (Å²) < 4.78 is 31.8. The van der Waals surface area contributed by atoms with Crippen LogP contribution in [-0.4, -0.2) is 34.5 Å². The van der Waals surface area contributed by atoms with E-state index in [-0.39, 0.29) is 6.61 Å². The molecule has 4 nitrogen and oxygen atoms in total. The number of hydrogen-bond donors (Lipinski definition) is 0. The van der Waals surface area contributed by atoms with Gasteiger partial charge in [0.15, 0.2) is 0 Å². The molecule has 20 heavy (non-hydrogen) atoms. The van der Waals surface area contributed by atoms with Crippen LogP contribution in [0.1, 0.15) is 46.0 Å². The molecule has 3 saturated carbocycles. The fourth-order valence-corrected chi connectivity index (χ4v) is 4.44. The van der Waals surface area contributed by atoms with E-state index in [1.165, 1.54) is 19.3 Å². The van der Waals surface area contributed by atoms with E-state index in [9.17, 15) is 8.42 Å². The molecule has 0 aromatic rings. The Labute approximate surface area is 123 Å².